The lowest BCUT2D eigenvalue weighted by atomic mass is 10.3. The zero-order valence-electron chi connectivity index (χ0n) is 8.96. The van der Waals surface area contributed by atoms with Gasteiger partial charge in [-0.2, -0.15) is 5.10 Å². The molecule has 3 heterocycles. The zero-order chi connectivity index (χ0) is 12.4. The fourth-order valence-corrected chi connectivity index (χ4v) is 2.45. The van der Waals surface area contributed by atoms with E-state index in [1.807, 2.05) is 0 Å². The highest BCUT2D eigenvalue weighted by Gasteiger charge is 2.12. The maximum Gasteiger partial charge on any atom is 0.228 e. The Morgan fingerprint density at radius 2 is 2.11 bits per heavy atom. The van der Waals surface area contributed by atoms with Crippen LogP contribution >= 0.6 is 22.9 Å². The number of thiazole rings is 1. The van der Waals surface area contributed by atoms with Gasteiger partial charge in [-0.25, -0.2) is 15.0 Å². The summed E-state index contributed by atoms with van der Waals surface area (Å²) < 4.78 is 0.592. The van der Waals surface area contributed by atoms with E-state index in [4.69, 9.17) is 11.6 Å². The summed E-state index contributed by atoms with van der Waals surface area (Å²) in [4.78, 5) is 12.5. The molecule has 8 heteroatoms. The molecule has 2 N–H and O–H groups in total. The number of aromatic nitrogens is 5. The summed E-state index contributed by atoms with van der Waals surface area (Å²) in [7, 11) is 0. The van der Waals surface area contributed by atoms with E-state index in [2.05, 4.69) is 30.5 Å². The molecule has 0 fully saturated rings. The Morgan fingerprint density at radius 3 is 2.83 bits per heavy atom. The van der Waals surface area contributed by atoms with Crippen molar-refractivity contribution in [1.29, 1.82) is 0 Å². The van der Waals surface area contributed by atoms with Crippen molar-refractivity contribution in [3.8, 4) is 11.3 Å². The van der Waals surface area contributed by atoms with Gasteiger partial charge in [-0.05, 0) is 6.07 Å². The highest BCUT2D eigenvalue weighted by atomic mass is 35.5. The van der Waals surface area contributed by atoms with E-state index < -0.39 is 0 Å². The largest absolute Gasteiger partial charge is 0.300 e. The fourth-order valence-electron chi connectivity index (χ4n) is 1.37. The van der Waals surface area contributed by atoms with Crippen LogP contribution in [0.15, 0.2) is 30.9 Å². The number of rotatable bonds is 3. The summed E-state index contributed by atoms with van der Waals surface area (Å²) in [5.41, 5.74) is 1.53. The van der Waals surface area contributed by atoms with Crippen LogP contribution in [0.2, 0.25) is 4.34 Å². The van der Waals surface area contributed by atoms with Crippen LogP contribution < -0.4 is 5.32 Å². The van der Waals surface area contributed by atoms with Crippen molar-refractivity contribution in [1.82, 2.24) is 25.1 Å². The third-order valence-corrected chi connectivity index (χ3v) is 3.31. The van der Waals surface area contributed by atoms with E-state index in [1.165, 1.54) is 11.3 Å². The molecule has 6 nitrogen and oxygen atoms in total. The second-order valence-electron chi connectivity index (χ2n) is 3.33. The van der Waals surface area contributed by atoms with Crippen LogP contribution in [0.4, 0.5) is 11.1 Å². The first-order chi connectivity index (χ1) is 8.83. The third-order valence-electron chi connectivity index (χ3n) is 2.14. The molecule has 0 aromatic carbocycles. The van der Waals surface area contributed by atoms with Crippen LogP contribution in [0.3, 0.4) is 0 Å². The quantitative estimate of drug-likeness (QED) is 0.770. The summed E-state index contributed by atoms with van der Waals surface area (Å²) in [5.74, 6) is 0.488. The third kappa shape index (κ3) is 2.18. The molecule has 0 bridgehead atoms. The van der Waals surface area contributed by atoms with Crippen molar-refractivity contribution in [3.05, 3.63) is 35.2 Å². The number of anilines is 2. The first-order valence-corrected chi connectivity index (χ1v) is 6.22. The minimum Gasteiger partial charge on any atom is -0.300 e. The fraction of sp³-hybridized carbons (Fsp3) is 0. The molecule has 0 saturated carbocycles. The number of halogens is 1. The van der Waals surface area contributed by atoms with Crippen molar-refractivity contribution in [2.45, 2.75) is 0 Å². The average molecular weight is 279 g/mol. The van der Waals surface area contributed by atoms with Gasteiger partial charge in [-0.3, -0.25) is 10.4 Å². The maximum atomic E-state index is 6.14. The van der Waals surface area contributed by atoms with Crippen LogP contribution in [0, 0.1) is 0 Å². The molecule has 0 amide bonds. The lowest BCUT2D eigenvalue weighted by molar-refractivity contribution is 1.09. The molecule has 0 aliphatic carbocycles. The number of H-pyrrole nitrogens is 1. The predicted octanol–water partition coefficient (Wildman–Crippen LogP) is 2.72. The van der Waals surface area contributed by atoms with Crippen molar-refractivity contribution in [2.24, 2.45) is 0 Å². The van der Waals surface area contributed by atoms with Gasteiger partial charge < -0.3 is 0 Å². The van der Waals surface area contributed by atoms with Crippen molar-refractivity contribution in [3.63, 3.8) is 0 Å². The molecular formula is C10H7ClN6S. The Labute approximate surface area is 111 Å². The smallest absolute Gasteiger partial charge is 0.228 e. The van der Waals surface area contributed by atoms with Crippen LogP contribution in [0.5, 0.6) is 0 Å². The average Bonchev–Trinajstić information content (AvgIpc) is 3.00. The van der Waals surface area contributed by atoms with Gasteiger partial charge in [0.25, 0.3) is 0 Å². The van der Waals surface area contributed by atoms with Gasteiger partial charge in [0.1, 0.15) is 10.0 Å². The molecule has 0 unspecified atom stereocenters. The van der Waals surface area contributed by atoms with Gasteiger partial charge in [0.15, 0.2) is 5.13 Å². The van der Waals surface area contributed by atoms with Gasteiger partial charge >= 0.3 is 0 Å². The summed E-state index contributed by atoms with van der Waals surface area (Å²) in [6.07, 6.45) is 6.72. The normalized spacial score (nSPS) is 10.5. The van der Waals surface area contributed by atoms with E-state index in [1.54, 1.807) is 30.9 Å². The molecule has 0 spiro atoms. The van der Waals surface area contributed by atoms with E-state index in [0.29, 0.717) is 21.1 Å². The van der Waals surface area contributed by atoms with Crippen molar-refractivity contribution in [2.75, 3.05) is 5.32 Å². The van der Waals surface area contributed by atoms with Gasteiger partial charge in [-0.1, -0.05) is 22.9 Å². The highest BCUT2D eigenvalue weighted by Crippen LogP contribution is 2.35. The van der Waals surface area contributed by atoms with Crippen LogP contribution in [0.25, 0.3) is 11.3 Å². The number of hydrogen-bond acceptors (Lipinski definition) is 6. The molecule has 0 aliphatic heterocycles. The monoisotopic (exact) mass is 278 g/mol. The number of nitrogens with one attached hydrogen (secondary N) is 2. The SMILES string of the molecule is Clc1sc(Nc2ncccn2)nc1-c1cn[nH]c1. The molecule has 3 aromatic rings. The molecule has 0 atom stereocenters. The summed E-state index contributed by atoms with van der Waals surface area (Å²) in [5, 5.41) is 10.2. The van der Waals surface area contributed by atoms with Gasteiger partial charge in [0, 0.05) is 24.2 Å². The maximum absolute atomic E-state index is 6.14. The van der Waals surface area contributed by atoms with Crippen LogP contribution in [0.1, 0.15) is 0 Å². The Balaban J connectivity index is 1.89. The molecule has 90 valence electrons. The first kappa shape index (κ1) is 11.1. The van der Waals surface area contributed by atoms with Crippen LogP contribution in [-0.2, 0) is 0 Å². The van der Waals surface area contributed by atoms with Crippen molar-refractivity contribution < 1.29 is 0 Å². The number of hydrogen-bond donors (Lipinski definition) is 2. The van der Waals surface area contributed by atoms with Gasteiger partial charge in [-0.15, -0.1) is 0 Å². The predicted molar refractivity (Wildman–Crippen MR) is 70.0 cm³/mol. The van der Waals surface area contributed by atoms with E-state index in [9.17, 15) is 0 Å². The Kier molecular flexibility index (Phi) is 2.91. The number of nitrogens with zero attached hydrogens (tertiary/aromatic N) is 4. The van der Waals surface area contributed by atoms with Crippen molar-refractivity contribution >= 4 is 34.0 Å². The molecule has 18 heavy (non-hydrogen) atoms. The standard InChI is InChI=1S/C10H7ClN6S/c11-8-7(6-4-14-15-5-6)16-10(18-8)17-9-12-2-1-3-13-9/h1-5H,(H,14,15)(H,12,13,16,17). The minimum atomic E-state index is 0.488. The zero-order valence-corrected chi connectivity index (χ0v) is 10.5. The Morgan fingerprint density at radius 1 is 1.28 bits per heavy atom. The Hall–Kier alpha value is -1.99. The van der Waals surface area contributed by atoms with E-state index >= 15 is 0 Å². The second kappa shape index (κ2) is 4.71. The van der Waals surface area contributed by atoms with Gasteiger partial charge in [0.2, 0.25) is 5.95 Å². The van der Waals surface area contributed by atoms with E-state index in [0.717, 1.165) is 5.56 Å². The summed E-state index contributed by atoms with van der Waals surface area (Å²) >= 11 is 7.47. The Bertz CT molecular complexity index is 636. The minimum absolute atomic E-state index is 0.488. The topological polar surface area (TPSA) is 79.4 Å². The highest BCUT2D eigenvalue weighted by molar-refractivity contribution is 7.20. The summed E-state index contributed by atoms with van der Waals surface area (Å²) in [6.45, 7) is 0. The number of aromatic amines is 1. The second-order valence-corrected chi connectivity index (χ2v) is 4.93. The first-order valence-electron chi connectivity index (χ1n) is 5.02. The lowest BCUT2D eigenvalue weighted by Gasteiger charge is -1.97. The van der Waals surface area contributed by atoms with Gasteiger partial charge in [0.05, 0.1) is 6.20 Å². The molecule has 0 aliphatic rings. The van der Waals surface area contributed by atoms with Crippen LogP contribution in [-0.4, -0.2) is 25.1 Å². The molecule has 0 radical (unpaired) electrons. The summed E-state index contributed by atoms with van der Waals surface area (Å²) in [6, 6.07) is 1.75. The molecule has 3 aromatic heterocycles. The lowest BCUT2D eigenvalue weighted by Crippen LogP contribution is -1.94. The molecule has 0 saturated heterocycles. The molecular weight excluding hydrogens is 272 g/mol. The molecule has 3 rings (SSSR count). The van der Waals surface area contributed by atoms with E-state index in [-0.39, 0.29) is 0 Å².